The number of hydrogen-bond donors (Lipinski definition) is 1. The fraction of sp³-hybridized carbons (Fsp3) is 0.381. The summed E-state index contributed by atoms with van der Waals surface area (Å²) in [6.45, 7) is 3.42. The number of nitrogens with zero attached hydrogens (tertiary/aromatic N) is 1. The summed E-state index contributed by atoms with van der Waals surface area (Å²) in [6, 6.07) is 15.5. The largest absolute Gasteiger partial charge is 0.492 e. The van der Waals surface area contributed by atoms with Gasteiger partial charge in [-0.05, 0) is 56.2 Å². The molecule has 1 aliphatic heterocycles. The molecule has 1 saturated heterocycles. The van der Waals surface area contributed by atoms with Crippen LogP contribution in [0, 0.1) is 0 Å². The number of ether oxygens (including phenoxy) is 2. The standard InChI is InChI=1S/C21H26N2O5S/c1-17(28-19-7-3-2-4-8-19)21(24)22-13-16-27-18-9-11-20(12-10-18)29(25,26)23-14-5-6-15-23/h2-4,7-12,17H,5-6,13-16H2,1H3,(H,22,24). The number of amides is 1. The SMILES string of the molecule is CC(Oc1ccccc1)C(=O)NCCOc1ccc(S(=O)(=O)N2CCCC2)cc1. The Hall–Kier alpha value is -2.58. The van der Waals surface area contributed by atoms with Gasteiger partial charge in [-0.1, -0.05) is 18.2 Å². The zero-order chi connectivity index (χ0) is 20.7. The van der Waals surface area contributed by atoms with E-state index in [9.17, 15) is 13.2 Å². The highest BCUT2D eigenvalue weighted by Crippen LogP contribution is 2.22. The topological polar surface area (TPSA) is 84.9 Å². The van der Waals surface area contributed by atoms with Crippen LogP contribution in [0.5, 0.6) is 11.5 Å². The van der Waals surface area contributed by atoms with Crippen LogP contribution >= 0.6 is 0 Å². The van der Waals surface area contributed by atoms with Crippen molar-refractivity contribution in [1.82, 2.24) is 9.62 Å². The zero-order valence-electron chi connectivity index (χ0n) is 16.4. The molecule has 1 fully saturated rings. The van der Waals surface area contributed by atoms with E-state index in [1.165, 1.54) is 4.31 Å². The third-order valence-corrected chi connectivity index (χ3v) is 6.53. The van der Waals surface area contributed by atoms with E-state index in [-0.39, 0.29) is 17.4 Å². The second-order valence-electron chi connectivity index (χ2n) is 6.80. The molecular formula is C21H26N2O5S. The van der Waals surface area contributed by atoms with Crippen LogP contribution in [0.4, 0.5) is 0 Å². The van der Waals surface area contributed by atoms with E-state index in [2.05, 4.69) is 5.32 Å². The molecule has 156 valence electrons. The number of carbonyl (C=O) groups excluding carboxylic acids is 1. The molecule has 1 unspecified atom stereocenters. The average Bonchev–Trinajstić information content (AvgIpc) is 3.28. The number of rotatable bonds is 9. The lowest BCUT2D eigenvalue weighted by Crippen LogP contribution is -2.38. The summed E-state index contributed by atoms with van der Waals surface area (Å²) in [5.74, 6) is 0.952. The number of hydrogen-bond acceptors (Lipinski definition) is 5. The summed E-state index contributed by atoms with van der Waals surface area (Å²) in [6.07, 6.45) is 1.19. The van der Waals surface area contributed by atoms with Gasteiger partial charge in [0.05, 0.1) is 11.4 Å². The number of sulfonamides is 1. The van der Waals surface area contributed by atoms with Crippen LogP contribution in [0.3, 0.4) is 0 Å². The van der Waals surface area contributed by atoms with Crippen LogP contribution in [-0.2, 0) is 14.8 Å². The predicted octanol–water partition coefficient (Wildman–Crippen LogP) is 2.43. The van der Waals surface area contributed by atoms with E-state index < -0.39 is 16.1 Å². The van der Waals surface area contributed by atoms with E-state index in [1.54, 1.807) is 43.3 Å². The Morgan fingerprint density at radius 1 is 1.03 bits per heavy atom. The van der Waals surface area contributed by atoms with E-state index >= 15 is 0 Å². The molecule has 0 aliphatic carbocycles. The van der Waals surface area contributed by atoms with Gasteiger partial charge in [0.2, 0.25) is 10.0 Å². The molecule has 1 aliphatic rings. The molecule has 0 spiro atoms. The highest BCUT2D eigenvalue weighted by atomic mass is 32.2. The number of para-hydroxylation sites is 1. The minimum absolute atomic E-state index is 0.232. The Bertz CT molecular complexity index is 894. The first-order valence-corrected chi connectivity index (χ1v) is 11.1. The molecule has 0 saturated carbocycles. The van der Waals surface area contributed by atoms with Crippen LogP contribution in [0.15, 0.2) is 59.5 Å². The molecule has 8 heteroatoms. The van der Waals surface area contributed by atoms with Gasteiger partial charge >= 0.3 is 0 Å². The lowest BCUT2D eigenvalue weighted by Gasteiger charge is -2.16. The lowest BCUT2D eigenvalue weighted by molar-refractivity contribution is -0.127. The number of benzene rings is 2. The van der Waals surface area contributed by atoms with Crippen molar-refractivity contribution in [1.29, 1.82) is 0 Å². The van der Waals surface area contributed by atoms with Crippen molar-refractivity contribution in [2.45, 2.75) is 30.8 Å². The van der Waals surface area contributed by atoms with Crippen molar-refractivity contribution in [2.24, 2.45) is 0 Å². The van der Waals surface area contributed by atoms with E-state index in [0.29, 0.717) is 31.1 Å². The van der Waals surface area contributed by atoms with Gasteiger partial charge in [0.1, 0.15) is 18.1 Å². The monoisotopic (exact) mass is 418 g/mol. The van der Waals surface area contributed by atoms with E-state index in [0.717, 1.165) is 12.8 Å². The van der Waals surface area contributed by atoms with Crippen molar-refractivity contribution in [2.75, 3.05) is 26.2 Å². The Morgan fingerprint density at radius 3 is 2.34 bits per heavy atom. The molecule has 0 bridgehead atoms. The Labute approximate surface area is 171 Å². The lowest BCUT2D eigenvalue weighted by atomic mass is 10.3. The van der Waals surface area contributed by atoms with Crippen LogP contribution in [0.2, 0.25) is 0 Å². The fourth-order valence-corrected chi connectivity index (χ4v) is 4.55. The molecule has 2 aromatic rings. The predicted molar refractivity (Wildman–Crippen MR) is 109 cm³/mol. The first-order valence-electron chi connectivity index (χ1n) is 9.69. The minimum Gasteiger partial charge on any atom is -0.492 e. The molecule has 1 atom stereocenters. The zero-order valence-corrected chi connectivity index (χ0v) is 17.2. The fourth-order valence-electron chi connectivity index (χ4n) is 3.03. The molecule has 3 rings (SSSR count). The van der Waals surface area contributed by atoms with E-state index in [1.807, 2.05) is 18.2 Å². The van der Waals surface area contributed by atoms with Crippen molar-refractivity contribution in [3.8, 4) is 11.5 Å². The minimum atomic E-state index is -3.42. The van der Waals surface area contributed by atoms with Crippen LogP contribution in [0.1, 0.15) is 19.8 Å². The summed E-state index contributed by atoms with van der Waals surface area (Å²) in [7, 11) is -3.42. The van der Waals surface area contributed by atoms with Gasteiger partial charge in [-0.25, -0.2) is 8.42 Å². The molecule has 0 radical (unpaired) electrons. The molecule has 0 aromatic heterocycles. The van der Waals surface area contributed by atoms with Crippen molar-refractivity contribution >= 4 is 15.9 Å². The molecule has 29 heavy (non-hydrogen) atoms. The molecular weight excluding hydrogens is 392 g/mol. The second kappa shape index (κ2) is 9.76. The number of nitrogens with one attached hydrogen (secondary N) is 1. The first kappa shape index (κ1) is 21.1. The Balaban J connectivity index is 1.42. The summed E-state index contributed by atoms with van der Waals surface area (Å²) in [5, 5.41) is 2.75. The molecule has 1 amide bonds. The molecule has 7 nitrogen and oxygen atoms in total. The highest BCUT2D eigenvalue weighted by Gasteiger charge is 2.26. The van der Waals surface area contributed by atoms with Gasteiger partial charge in [-0.15, -0.1) is 0 Å². The number of carbonyl (C=O) groups is 1. The van der Waals surface area contributed by atoms with Crippen LogP contribution in [-0.4, -0.2) is 51.0 Å². The third-order valence-electron chi connectivity index (χ3n) is 4.62. The maximum Gasteiger partial charge on any atom is 0.260 e. The summed E-state index contributed by atoms with van der Waals surface area (Å²) >= 11 is 0. The van der Waals surface area contributed by atoms with Crippen LogP contribution < -0.4 is 14.8 Å². The van der Waals surface area contributed by atoms with E-state index in [4.69, 9.17) is 9.47 Å². The third kappa shape index (κ3) is 5.71. The quantitative estimate of drug-likeness (QED) is 0.632. The smallest absolute Gasteiger partial charge is 0.260 e. The maximum atomic E-state index is 12.5. The van der Waals surface area contributed by atoms with Gasteiger partial charge in [0.15, 0.2) is 6.10 Å². The van der Waals surface area contributed by atoms with Gasteiger partial charge in [-0.2, -0.15) is 4.31 Å². The van der Waals surface area contributed by atoms with Gasteiger partial charge < -0.3 is 14.8 Å². The highest BCUT2D eigenvalue weighted by molar-refractivity contribution is 7.89. The second-order valence-corrected chi connectivity index (χ2v) is 8.73. The van der Waals surface area contributed by atoms with Gasteiger partial charge in [0.25, 0.3) is 5.91 Å². The van der Waals surface area contributed by atoms with Crippen LogP contribution in [0.25, 0.3) is 0 Å². The molecule has 2 aromatic carbocycles. The maximum absolute atomic E-state index is 12.5. The molecule has 1 heterocycles. The Morgan fingerprint density at radius 2 is 1.69 bits per heavy atom. The van der Waals surface area contributed by atoms with Gasteiger partial charge in [0, 0.05) is 13.1 Å². The van der Waals surface area contributed by atoms with Gasteiger partial charge in [-0.3, -0.25) is 4.79 Å². The first-order chi connectivity index (χ1) is 14.0. The van der Waals surface area contributed by atoms with Crippen molar-refractivity contribution in [3.63, 3.8) is 0 Å². The summed E-state index contributed by atoms with van der Waals surface area (Å²) < 4.78 is 37.7. The Kier molecular flexibility index (Phi) is 7.11. The molecule has 1 N–H and O–H groups in total. The van der Waals surface area contributed by atoms with Crippen molar-refractivity contribution < 1.29 is 22.7 Å². The summed E-state index contributed by atoms with van der Waals surface area (Å²) in [4.78, 5) is 12.3. The summed E-state index contributed by atoms with van der Waals surface area (Å²) in [5.41, 5.74) is 0. The average molecular weight is 419 g/mol. The normalized spacial score (nSPS) is 15.6. The van der Waals surface area contributed by atoms with Crippen molar-refractivity contribution in [3.05, 3.63) is 54.6 Å².